The van der Waals surface area contributed by atoms with E-state index in [9.17, 15) is 19.1 Å². The normalized spacial score (nSPS) is 11.9. The standard InChI is InChI=1S/C18H14FNO5/c1-24-11-4-2-10(3-5-11)15(18(22)23)20-17(21)13-6-7-14(19)16-12(13)8-9-25-16/h2-9,15H,1H3,(H,20,21)(H,22,23). The summed E-state index contributed by atoms with van der Waals surface area (Å²) in [4.78, 5) is 24.1. The van der Waals surface area contributed by atoms with E-state index in [4.69, 9.17) is 9.15 Å². The summed E-state index contributed by atoms with van der Waals surface area (Å²) in [5.41, 5.74) is 0.459. The van der Waals surface area contributed by atoms with Gasteiger partial charge in [-0.05, 0) is 35.9 Å². The molecule has 0 saturated heterocycles. The monoisotopic (exact) mass is 343 g/mol. The quantitative estimate of drug-likeness (QED) is 0.743. The van der Waals surface area contributed by atoms with Crippen LogP contribution in [0.1, 0.15) is 22.0 Å². The molecular weight excluding hydrogens is 329 g/mol. The molecule has 25 heavy (non-hydrogen) atoms. The van der Waals surface area contributed by atoms with Crippen LogP contribution in [0.4, 0.5) is 4.39 Å². The number of fused-ring (bicyclic) bond motifs is 1. The molecular formula is C18H14FNO5. The number of carboxylic acids is 1. The molecule has 0 aliphatic carbocycles. The largest absolute Gasteiger partial charge is 0.497 e. The van der Waals surface area contributed by atoms with Gasteiger partial charge in [0.1, 0.15) is 5.75 Å². The molecule has 1 amide bonds. The molecule has 0 bridgehead atoms. The van der Waals surface area contributed by atoms with Gasteiger partial charge in [-0.25, -0.2) is 9.18 Å². The van der Waals surface area contributed by atoms with Crippen molar-refractivity contribution in [3.8, 4) is 5.75 Å². The maximum atomic E-state index is 13.7. The number of amides is 1. The van der Waals surface area contributed by atoms with E-state index in [2.05, 4.69) is 5.32 Å². The smallest absolute Gasteiger partial charge is 0.330 e. The minimum atomic E-state index is -1.26. The molecule has 1 aromatic heterocycles. The van der Waals surface area contributed by atoms with Gasteiger partial charge in [0.15, 0.2) is 17.4 Å². The van der Waals surface area contributed by atoms with Gasteiger partial charge in [0.2, 0.25) is 0 Å². The van der Waals surface area contributed by atoms with Crippen molar-refractivity contribution < 1.29 is 28.2 Å². The highest BCUT2D eigenvalue weighted by Crippen LogP contribution is 2.24. The van der Waals surface area contributed by atoms with Gasteiger partial charge in [0.05, 0.1) is 18.9 Å². The van der Waals surface area contributed by atoms with E-state index in [-0.39, 0.29) is 16.5 Å². The van der Waals surface area contributed by atoms with Crippen LogP contribution in [0, 0.1) is 5.82 Å². The van der Waals surface area contributed by atoms with Gasteiger partial charge in [-0.1, -0.05) is 12.1 Å². The number of aliphatic carboxylic acids is 1. The van der Waals surface area contributed by atoms with Crippen LogP contribution in [-0.2, 0) is 4.79 Å². The molecule has 0 fully saturated rings. The Kier molecular flexibility index (Phi) is 4.38. The summed E-state index contributed by atoms with van der Waals surface area (Å²) in [6.07, 6.45) is 1.27. The van der Waals surface area contributed by atoms with Crippen LogP contribution in [0.25, 0.3) is 11.0 Å². The van der Waals surface area contributed by atoms with E-state index in [1.807, 2.05) is 0 Å². The van der Waals surface area contributed by atoms with E-state index < -0.39 is 23.7 Å². The topological polar surface area (TPSA) is 88.8 Å². The maximum absolute atomic E-state index is 13.7. The van der Waals surface area contributed by atoms with Gasteiger partial charge >= 0.3 is 5.97 Å². The SMILES string of the molecule is COc1ccc(C(NC(=O)c2ccc(F)c3occc23)C(=O)O)cc1. The highest BCUT2D eigenvalue weighted by atomic mass is 19.1. The van der Waals surface area contributed by atoms with Crippen molar-refractivity contribution in [1.29, 1.82) is 0 Å². The number of ether oxygens (including phenoxy) is 1. The lowest BCUT2D eigenvalue weighted by atomic mass is 10.0. The van der Waals surface area contributed by atoms with Gasteiger partial charge in [-0.15, -0.1) is 0 Å². The van der Waals surface area contributed by atoms with Gasteiger partial charge in [0, 0.05) is 5.39 Å². The van der Waals surface area contributed by atoms with Crippen molar-refractivity contribution in [1.82, 2.24) is 5.32 Å². The minimum Gasteiger partial charge on any atom is -0.497 e. The first kappa shape index (κ1) is 16.5. The van der Waals surface area contributed by atoms with Crippen molar-refractivity contribution in [3.05, 3.63) is 65.7 Å². The number of carbonyl (C=O) groups excluding carboxylic acids is 1. The van der Waals surface area contributed by atoms with Crippen LogP contribution in [0.2, 0.25) is 0 Å². The molecule has 3 rings (SSSR count). The number of hydrogen-bond acceptors (Lipinski definition) is 4. The second-order valence-electron chi connectivity index (χ2n) is 5.28. The average molecular weight is 343 g/mol. The second-order valence-corrected chi connectivity index (χ2v) is 5.28. The third kappa shape index (κ3) is 3.16. The number of nitrogens with one attached hydrogen (secondary N) is 1. The lowest BCUT2D eigenvalue weighted by Gasteiger charge is -2.15. The molecule has 1 unspecified atom stereocenters. The number of benzene rings is 2. The number of carbonyl (C=O) groups is 2. The number of hydrogen-bond donors (Lipinski definition) is 2. The fraction of sp³-hybridized carbons (Fsp3) is 0.111. The molecule has 0 aliphatic rings. The number of rotatable bonds is 5. The van der Waals surface area contributed by atoms with Gasteiger partial charge < -0.3 is 19.6 Å². The van der Waals surface area contributed by atoms with E-state index >= 15 is 0 Å². The van der Waals surface area contributed by atoms with Crippen LogP contribution in [0.5, 0.6) is 5.75 Å². The van der Waals surface area contributed by atoms with E-state index in [1.165, 1.54) is 25.5 Å². The zero-order valence-corrected chi connectivity index (χ0v) is 13.2. The summed E-state index contributed by atoms with van der Waals surface area (Å²) >= 11 is 0. The summed E-state index contributed by atoms with van der Waals surface area (Å²) in [5, 5.41) is 12.2. The zero-order chi connectivity index (χ0) is 18.0. The van der Waals surface area contributed by atoms with E-state index in [0.29, 0.717) is 11.3 Å². The number of carboxylic acid groups (broad SMARTS) is 1. The Morgan fingerprint density at radius 2 is 1.88 bits per heavy atom. The Balaban J connectivity index is 1.91. The fourth-order valence-electron chi connectivity index (χ4n) is 2.52. The van der Waals surface area contributed by atoms with Crippen LogP contribution in [0.3, 0.4) is 0 Å². The molecule has 3 aromatic rings. The number of methoxy groups -OCH3 is 1. The van der Waals surface area contributed by atoms with Crippen molar-refractivity contribution >= 4 is 22.8 Å². The fourth-order valence-corrected chi connectivity index (χ4v) is 2.52. The Morgan fingerprint density at radius 1 is 1.16 bits per heavy atom. The van der Waals surface area contributed by atoms with Gasteiger partial charge in [-0.2, -0.15) is 0 Å². The van der Waals surface area contributed by atoms with Gasteiger partial charge in [0.25, 0.3) is 5.91 Å². The highest BCUT2D eigenvalue weighted by molar-refractivity contribution is 6.07. The molecule has 2 aromatic carbocycles. The van der Waals surface area contributed by atoms with Crippen LogP contribution in [-0.4, -0.2) is 24.1 Å². The van der Waals surface area contributed by atoms with E-state index in [1.54, 1.807) is 24.3 Å². The lowest BCUT2D eigenvalue weighted by molar-refractivity contribution is -0.139. The Bertz CT molecular complexity index is 932. The summed E-state index contributed by atoms with van der Waals surface area (Å²) in [6.45, 7) is 0. The molecule has 1 heterocycles. The minimum absolute atomic E-state index is 0.0519. The average Bonchev–Trinajstić information content (AvgIpc) is 3.10. The zero-order valence-electron chi connectivity index (χ0n) is 13.2. The summed E-state index contributed by atoms with van der Waals surface area (Å²) in [7, 11) is 1.50. The molecule has 1 atom stereocenters. The Hall–Kier alpha value is -3.35. The number of furan rings is 1. The molecule has 0 radical (unpaired) electrons. The Labute approximate surface area is 141 Å². The van der Waals surface area contributed by atoms with Crippen LogP contribution in [0.15, 0.2) is 53.1 Å². The molecule has 128 valence electrons. The Morgan fingerprint density at radius 3 is 2.52 bits per heavy atom. The molecule has 0 spiro atoms. The first-order chi connectivity index (χ1) is 12.0. The van der Waals surface area contributed by atoms with E-state index in [0.717, 1.165) is 6.07 Å². The first-order valence-electron chi connectivity index (χ1n) is 7.34. The third-order valence-corrected chi connectivity index (χ3v) is 3.78. The van der Waals surface area contributed by atoms with Crippen molar-refractivity contribution in [2.24, 2.45) is 0 Å². The molecule has 0 saturated carbocycles. The van der Waals surface area contributed by atoms with Gasteiger partial charge in [-0.3, -0.25) is 4.79 Å². The van der Waals surface area contributed by atoms with Crippen molar-refractivity contribution in [2.45, 2.75) is 6.04 Å². The van der Waals surface area contributed by atoms with Crippen LogP contribution >= 0.6 is 0 Å². The predicted molar refractivity (Wildman–Crippen MR) is 87.0 cm³/mol. The highest BCUT2D eigenvalue weighted by Gasteiger charge is 2.24. The lowest BCUT2D eigenvalue weighted by Crippen LogP contribution is -2.33. The summed E-state index contributed by atoms with van der Waals surface area (Å²) in [6, 6.07) is 8.89. The first-order valence-corrected chi connectivity index (χ1v) is 7.34. The van der Waals surface area contributed by atoms with Crippen LogP contribution < -0.4 is 10.1 Å². The van der Waals surface area contributed by atoms with Crippen molar-refractivity contribution in [2.75, 3.05) is 7.11 Å². The van der Waals surface area contributed by atoms with Crippen molar-refractivity contribution in [3.63, 3.8) is 0 Å². The summed E-state index contributed by atoms with van der Waals surface area (Å²) < 4.78 is 23.7. The maximum Gasteiger partial charge on any atom is 0.330 e. The second kappa shape index (κ2) is 6.64. The molecule has 7 heteroatoms. The summed E-state index contributed by atoms with van der Waals surface area (Å²) in [5.74, 6) is -1.89. The third-order valence-electron chi connectivity index (χ3n) is 3.78. The predicted octanol–water partition coefficient (Wildman–Crippen LogP) is 3.14. The molecule has 6 nitrogen and oxygen atoms in total. The molecule has 0 aliphatic heterocycles. The molecule has 2 N–H and O–H groups in total. The number of halogens is 1.